The first-order valence-electron chi connectivity index (χ1n) is 8.11. The molecule has 0 N–H and O–H groups in total. The summed E-state index contributed by atoms with van der Waals surface area (Å²) in [7, 11) is 9.78. The Morgan fingerprint density at radius 2 is 1.08 bits per heavy atom. The van der Waals surface area contributed by atoms with Gasteiger partial charge < -0.3 is 10.6 Å². The van der Waals surface area contributed by atoms with Crippen LogP contribution in [0.1, 0.15) is 26.7 Å². The van der Waals surface area contributed by atoms with Gasteiger partial charge in [-0.15, -0.1) is 24.5 Å². The van der Waals surface area contributed by atoms with Crippen molar-refractivity contribution >= 4 is 30.0 Å². The fourth-order valence-corrected chi connectivity index (χ4v) is 2.33. The van der Waals surface area contributed by atoms with Gasteiger partial charge in [-0.1, -0.05) is 92.8 Å². The number of halogens is 2. The maximum atomic E-state index is 4.89. The van der Waals surface area contributed by atoms with Crippen molar-refractivity contribution in [1.82, 2.24) is 0 Å². The van der Waals surface area contributed by atoms with Crippen LogP contribution >= 0.6 is 18.6 Å². The predicted octanol–water partition coefficient (Wildman–Crippen LogP) is 7.58. The van der Waals surface area contributed by atoms with E-state index in [1.165, 1.54) is 0 Å². The van der Waals surface area contributed by atoms with Gasteiger partial charge in [0.25, 0.3) is 0 Å². The van der Waals surface area contributed by atoms with Crippen LogP contribution in [0.3, 0.4) is 0 Å². The van der Waals surface area contributed by atoms with E-state index in [1.54, 1.807) is 0 Å². The molecule has 0 fully saturated rings. The number of rotatable bonds is 8. The number of para-hydroxylation sites is 2. The minimum absolute atomic E-state index is 0.158. The first kappa shape index (κ1) is 21.4. The summed E-state index contributed by atoms with van der Waals surface area (Å²) in [5.74, 6) is 0. The Morgan fingerprint density at radius 1 is 0.750 bits per heavy atom. The summed E-state index contributed by atoms with van der Waals surface area (Å²) in [5.41, 5.74) is 2.28. The molecule has 0 saturated carbocycles. The van der Waals surface area contributed by atoms with Gasteiger partial charge in [-0.2, -0.15) is 0 Å². The molecule has 0 bridgehead atoms. The van der Waals surface area contributed by atoms with Crippen LogP contribution in [-0.4, -0.2) is 13.1 Å². The van der Waals surface area contributed by atoms with Crippen LogP contribution in [0.4, 0.5) is 11.4 Å². The van der Waals surface area contributed by atoms with Crippen molar-refractivity contribution < 1.29 is 17.0 Å². The molecule has 24 heavy (non-hydrogen) atoms. The molecule has 0 spiro atoms. The second kappa shape index (κ2) is 12.7. The molecule has 2 aromatic rings. The first-order chi connectivity index (χ1) is 11.7. The number of hydrogen-bond donors (Lipinski definition) is 0. The Bertz CT molecular complexity index is 488. The second-order valence-corrected chi connectivity index (χ2v) is 8.16. The van der Waals surface area contributed by atoms with Crippen molar-refractivity contribution in [3.8, 4) is 0 Å². The molecule has 0 radical (unpaired) electrons. The van der Waals surface area contributed by atoms with Crippen molar-refractivity contribution in [2.75, 3.05) is 13.1 Å². The summed E-state index contributed by atoms with van der Waals surface area (Å²) in [6.45, 7) is 6.15. The zero-order valence-corrected chi connectivity index (χ0v) is 17.3. The Morgan fingerprint density at radius 3 is 1.38 bits per heavy atom. The van der Waals surface area contributed by atoms with Crippen LogP contribution in [0, 0.1) is 5.41 Å². The zero-order chi connectivity index (χ0) is 17.7. The van der Waals surface area contributed by atoms with E-state index in [-0.39, 0.29) is 5.41 Å². The zero-order valence-electron chi connectivity index (χ0n) is 14.3. The number of nitrogens with zero attached hydrogens (tertiary/aromatic N) is 2. The summed E-state index contributed by atoms with van der Waals surface area (Å²) in [6, 6.07) is 20.4. The van der Waals surface area contributed by atoms with Gasteiger partial charge in [0, 0.05) is 0 Å². The van der Waals surface area contributed by atoms with Gasteiger partial charge in [-0.3, -0.25) is 0 Å². The molecule has 0 aliphatic carbocycles. The summed E-state index contributed by atoms with van der Waals surface area (Å²) in [5, 5.41) is 9.55. The summed E-state index contributed by atoms with van der Waals surface area (Å²) in [6.07, 6.45) is 2.19. The van der Waals surface area contributed by atoms with Gasteiger partial charge in [0.05, 0.1) is 0 Å². The molecule has 0 amide bonds. The van der Waals surface area contributed by atoms with E-state index in [9.17, 15) is 0 Å². The molecule has 0 unspecified atom stereocenters. The Labute approximate surface area is 163 Å². The first-order valence-corrected chi connectivity index (χ1v) is 12.4. The van der Waals surface area contributed by atoms with E-state index in [0.29, 0.717) is 0 Å². The van der Waals surface area contributed by atoms with E-state index in [4.69, 9.17) is 29.2 Å². The molecule has 2 aromatic carbocycles. The molecule has 5 heteroatoms. The molecule has 2 nitrogen and oxygen atoms in total. The van der Waals surface area contributed by atoms with Crippen LogP contribution in [-0.2, 0) is 17.0 Å². The van der Waals surface area contributed by atoms with Crippen molar-refractivity contribution in [1.29, 1.82) is 0 Å². The van der Waals surface area contributed by atoms with Crippen LogP contribution < -0.4 is 0 Å². The van der Waals surface area contributed by atoms with Gasteiger partial charge >= 0.3 is 35.6 Å². The van der Waals surface area contributed by atoms with Gasteiger partial charge in [0.15, 0.2) is 0 Å². The molecule has 0 aromatic heterocycles. The predicted molar refractivity (Wildman–Crippen MR) is 103 cm³/mol. The fourth-order valence-electron chi connectivity index (χ4n) is 2.33. The van der Waals surface area contributed by atoms with Crippen LogP contribution in [0.25, 0.3) is 10.6 Å². The second-order valence-electron chi connectivity index (χ2n) is 5.58. The SMILES string of the molecule is CCC(CC)(C[N-]c1ccccc1)C[N-]c1ccccc1.[Cl][Ti][Cl]. The van der Waals surface area contributed by atoms with Gasteiger partial charge in [0.1, 0.15) is 0 Å². The van der Waals surface area contributed by atoms with Crippen LogP contribution in [0.15, 0.2) is 60.7 Å². The van der Waals surface area contributed by atoms with Gasteiger partial charge in [-0.25, -0.2) is 0 Å². The molecular formula is C19H24Cl2N2Ti-2. The quantitative estimate of drug-likeness (QED) is 0.410. The van der Waals surface area contributed by atoms with Crippen molar-refractivity contribution in [2.45, 2.75) is 26.7 Å². The third kappa shape index (κ3) is 7.94. The summed E-state index contributed by atoms with van der Waals surface area (Å²) < 4.78 is 0. The number of hydrogen-bond acceptors (Lipinski definition) is 0. The molecular weight excluding hydrogens is 375 g/mol. The van der Waals surface area contributed by atoms with Crippen molar-refractivity contribution in [3.63, 3.8) is 0 Å². The molecule has 0 heterocycles. The van der Waals surface area contributed by atoms with E-state index in [1.807, 2.05) is 36.4 Å². The average Bonchev–Trinajstić information content (AvgIpc) is 2.65. The standard InChI is InChI=1S/C19H24N2.2ClH.Ti/c1-3-19(4-2,15-20-17-11-7-5-8-12-17)16-21-18-13-9-6-10-14-18;;;/h5-14H,3-4,15-16H2,1-2H3;2*1H;/q-2;;;+2/p-2. The summed E-state index contributed by atoms with van der Waals surface area (Å²) in [4.78, 5) is 0. The molecule has 130 valence electrons. The fraction of sp³-hybridized carbons (Fsp3) is 0.368. The average molecular weight is 399 g/mol. The van der Waals surface area contributed by atoms with Gasteiger partial charge in [-0.05, 0) is 0 Å². The van der Waals surface area contributed by atoms with Crippen molar-refractivity contribution in [3.05, 3.63) is 71.3 Å². The van der Waals surface area contributed by atoms with Gasteiger partial charge in [0.2, 0.25) is 0 Å². The Hall–Kier alpha value is -0.666. The maximum absolute atomic E-state index is 4.89. The van der Waals surface area contributed by atoms with E-state index >= 15 is 0 Å². The molecule has 0 aliphatic rings. The summed E-state index contributed by atoms with van der Waals surface area (Å²) >= 11 is -0.556. The molecule has 0 saturated heterocycles. The van der Waals surface area contributed by atoms with E-state index in [2.05, 4.69) is 38.1 Å². The monoisotopic (exact) mass is 398 g/mol. The third-order valence-corrected chi connectivity index (χ3v) is 4.21. The Balaban J connectivity index is 0.000000891. The number of benzene rings is 2. The topological polar surface area (TPSA) is 28.2 Å². The van der Waals surface area contributed by atoms with E-state index in [0.717, 1.165) is 37.3 Å². The molecule has 2 rings (SSSR count). The van der Waals surface area contributed by atoms with Crippen LogP contribution in [0.5, 0.6) is 0 Å². The third-order valence-electron chi connectivity index (χ3n) is 4.21. The molecule has 0 aliphatic heterocycles. The Kier molecular flexibility index (Phi) is 11.3. The molecule has 0 atom stereocenters. The van der Waals surface area contributed by atoms with E-state index < -0.39 is 17.0 Å². The minimum atomic E-state index is -0.556. The normalized spacial score (nSPS) is 10.3. The van der Waals surface area contributed by atoms with Crippen LogP contribution in [0.2, 0.25) is 0 Å². The van der Waals surface area contributed by atoms with Crippen molar-refractivity contribution in [2.24, 2.45) is 5.41 Å².